The Balaban J connectivity index is 1.04. The number of hydrogen-bond donors (Lipinski definition) is 0. The number of aromatic nitrogens is 1. The van der Waals surface area contributed by atoms with Gasteiger partial charge in [-0.1, -0.05) is 115 Å². The molecule has 0 aliphatic heterocycles. The quantitative estimate of drug-likeness (QED) is 0.168. The summed E-state index contributed by atoms with van der Waals surface area (Å²) in [6.07, 6.45) is 12.1. The van der Waals surface area contributed by atoms with Gasteiger partial charge in [0.25, 0.3) is 0 Å². The number of hydrogen-bond acceptors (Lipinski definition) is 1. The van der Waals surface area contributed by atoms with Gasteiger partial charge in [-0.25, -0.2) is 0 Å². The monoisotopic (exact) mass is 644 g/mol. The highest BCUT2D eigenvalue weighted by Gasteiger charge is 2.25. The molecule has 0 spiro atoms. The predicted octanol–water partition coefficient (Wildman–Crippen LogP) is 12.8. The Morgan fingerprint density at radius 3 is 1.34 bits per heavy atom. The van der Waals surface area contributed by atoms with E-state index in [1.54, 1.807) is 16.8 Å². The van der Waals surface area contributed by atoms with Gasteiger partial charge in [-0.15, -0.1) is 0 Å². The van der Waals surface area contributed by atoms with Gasteiger partial charge < -0.3 is 9.47 Å². The van der Waals surface area contributed by atoms with Gasteiger partial charge in [0.05, 0.1) is 0 Å². The first kappa shape index (κ1) is 30.2. The summed E-state index contributed by atoms with van der Waals surface area (Å²) in [5.41, 5.74) is 18.2. The van der Waals surface area contributed by atoms with Gasteiger partial charge in [0.1, 0.15) is 0 Å². The molecule has 2 heteroatoms. The van der Waals surface area contributed by atoms with Crippen LogP contribution in [0, 0.1) is 0 Å². The molecule has 2 aliphatic carbocycles. The van der Waals surface area contributed by atoms with Gasteiger partial charge in [-0.2, -0.15) is 0 Å². The van der Waals surface area contributed by atoms with E-state index in [1.165, 1.54) is 76.9 Å². The van der Waals surface area contributed by atoms with Crippen LogP contribution in [0.2, 0.25) is 0 Å². The van der Waals surface area contributed by atoms with Crippen molar-refractivity contribution in [2.45, 2.75) is 38.5 Å². The first-order valence-corrected chi connectivity index (χ1v) is 18.0. The molecule has 0 amide bonds. The van der Waals surface area contributed by atoms with E-state index in [1.807, 2.05) is 0 Å². The molecule has 0 saturated heterocycles. The Morgan fingerprint density at radius 2 is 0.840 bits per heavy atom. The van der Waals surface area contributed by atoms with E-state index in [4.69, 9.17) is 0 Å². The number of anilines is 3. The second kappa shape index (κ2) is 13.2. The molecule has 50 heavy (non-hydrogen) atoms. The molecule has 0 fully saturated rings. The summed E-state index contributed by atoms with van der Waals surface area (Å²) < 4.78 is 2.55. The maximum Gasteiger partial charge on any atom is 0.0490 e. The summed E-state index contributed by atoms with van der Waals surface area (Å²) in [6.45, 7) is 0. The third kappa shape index (κ3) is 5.67. The summed E-state index contributed by atoms with van der Waals surface area (Å²) in [6, 6.07) is 57.2. The zero-order valence-corrected chi connectivity index (χ0v) is 28.3. The van der Waals surface area contributed by atoms with Crippen molar-refractivity contribution in [3.63, 3.8) is 0 Å². The summed E-state index contributed by atoms with van der Waals surface area (Å²) in [5, 5.41) is 0. The maximum absolute atomic E-state index is 2.55. The third-order valence-corrected chi connectivity index (χ3v) is 10.5. The number of rotatable bonds is 7. The fraction of sp³-hybridized carbons (Fsp3) is 0.125. The lowest BCUT2D eigenvalue weighted by Gasteiger charge is -2.26. The van der Waals surface area contributed by atoms with Crippen molar-refractivity contribution in [2.24, 2.45) is 0 Å². The first-order valence-electron chi connectivity index (χ1n) is 18.0. The lowest BCUT2D eigenvalue weighted by atomic mass is 9.91. The van der Waals surface area contributed by atoms with Crippen molar-refractivity contribution in [1.29, 1.82) is 0 Å². The number of allylic oxidation sites excluding steroid dienone is 1. The van der Waals surface area contributed by atoms with Crippen LogP contribution in [0.3, 0.4) is 0 Å². The van der Waals surface area contributed by atoms with Crippen molar-refractivity contribution in [3.8, 4) is 39.1 Å². The Kier molecular flexibility index (Phi) is 7.99. The van der Waals surface area contributed by atoms with Gasteiger partial charge in [0.2, 0.25) is 0 Å². The molecule has 9 rings (SSSR count). The van der Waals surface area contributed by atoms with E-state index in [0.717, 1.165) is 23.5 Å². The zero-order chi connectivity index (χ0) is 33.3. The predicted molar refractivity (Wildman–Crippen MR) is 211 cm³/mol. The molecule has 0 unspecified atom stereocenters. The molecule has 2 nitrogen and oxygen atoms in total. The van der Waals surface area contributed by atoms with Gasteiger partial charge in [-0.05, 0) is 138 Å². The largest absolute Gasteiger partial charge is 0.314 e. The van der Waals surface area contributed by atoms with Crippen molar-refractivity contribution in [1.82, 2.24) is 4.57 Å². The third-order valence-electron chi connectivity index (χ3n) is 10.5. The average molecular weight is 645 g/mol. The highest BCUT2D eigenvalue weighted by Crippen LogP contribution is 2.39. The highest BCUT2D eigenvalue weighted by molar-refractivity contribution is 5.81. The molecular weight excluding hydrogens is 605 g/mol. The Morgan fingerprint density at radius 1 is 0.400 bits per heavy atom. The maximum atomic E-state index is 2.55. The van der Waals surface area contributed by atoms with Crippen LogP contribution >= 0.6 is 0 Å². The van der Waals surface area contributed by atoms with Crippen LogP contribution in [-0.2, 0) is 19.3 Å². The molecule has 2 aliphatic rings. The fourth-order valence-corrected chi connectivity index (χ4v) is 7.99. The molecule has 0 atom stereocenters. The van der Waals surface area contributed by atoms with E-state index in [9.17, 15) is 0 Å². The second-order valence-corrected chi connectivity index (χ2v) is 13.5. The molecule has 1 heterocycles. The van der Waals surface area contributed by atoms with Crippen molar-refractivity contribution in [2.75, 3.05) is 4.90 Å². The Bertz CT molecular complexity index is 2170. The zero-order valence-electron chi connectivity index (χ0n) is 28.3. The number of benzene rings is 6. The Labute approximate surface area is 295 Å². The minimum absolute atomic E-state index is 1.13. The molecule has 6 aromatic carbocycles. The first-order chi connectivity index (χ1) is 24.8. The van der Waals surface area contributed by atoms with Crippen molar-refractivity contribution in [3.05, 3.63) is 186 Å². The summed E-state index contributed by atoms with van der Waals surface area (Å²) in [4.78, 5) is 2.35. The highest BCUT2D eigenvalue weighted by atomic mass is 15.1. The van der Waals surface area contributed by atoms with E-state index in [0.29, 0.717) is 0 Å². The minimum atomic E-state index is 1.13. The second-order valence-electron chi connectivity index (χ2n) is 13.5. The van der Waals surface area contributed by atoms with Crippen LogP contribution in [-0.4, -0.2) is 4.57 Å². The van der Waals surface area contributed by atoms with Crippen LogP contribution in [0.15, 0.2) is 164 Å². The standard InChI is InChI=1S/C48H40N2/c1-3-11-35(12-4-1)37-19-27-41(28-20-37)49(42-29-21-38(22-30-42)36-13-5-2-6-14-36)43-31-23-39(24-32-43)40-25-33-44(34-26-40)50-47-17-9-7-15-45(47)46-16-8-10-18-48(46)50/h1-6,9,11-14,17,19-34H,7-8,10,15-16,18H2. The van der Waals surface area contributed by atoms with Crippen LogP contribution in [0.1, 0.15) is 41.8 Å². The van der Waals surface area contributed by atoms with Crippen LogP contribution in [0.5, 0.6) is 0 Å². The van der Waals surface area contributed by atoms with Crippen LogP contribution in [0.25, 0.3) is 45.1 Å². The van der Waals surface area contributed by atoms with Crippen LogP contribution in [0.4, 0.5) is 17.1 Å². The lowest BCUT2D eigenvalue weighted by molar-refractivity contribution is 0.660. The van der Waals surface area contributed by atoms with Gasteiger partial charge in [0, 0.05) is 34.1 Å². The normalized spacial score (nSPS) is 13.4. The minimum Gasteiger partial charge on any atom is -0.314 e. The fourth-order valence-electron chi connectivity index (χ4n) is 7.99. The lowest BCUT2D eigenvalue weighted by Crippen LogP contribution is -2.09. The van der Waals surface area contributed by atoms with Crippen LogP contribution < -0.4 is 4.90 Å². The average Bonchev–Trinajstić information content (AvgIpc) is 3.54. The van der Waals surface area contributed by atoms with E-state index in [2.05, 4.69) is 179 Å². The SMILES string of the molecule is C1=Cc2c(c3c(n2-c2ccc(-c4ccc(N(c5ccc(-c6ccccc6)cc5)c5ccc(-c6ccccc6)cc5)cc4)cc2)CCCC3)CC1. The molecular formula is C48H40N2. The molecule has 1 aromatic heterocycles. The molecule has 0 radical (unpaired) electrons. The number of fused-ring (bicyclic) bond motifs is 3. The molecule has 0 N–H and O–H groups in total. The summed E-state index contributed by atoms with van der Waals surface area (Å²) in [7, 11) is 0. The Hall–Kier alpha value is -5.86. The van der Waals surface area contributed by atoms with E-state index in [-0.39, 0.29) is 0 Å². The molecule has 0 saturated carbocycles. The van der Waals surface area contributed by atoms with Gasteiger partial charge in [0.15, 0.2) is 0 Å². The number of nitrogens with zero attached hydrogens (tertiary/aromatic N) is 2. The van der Waals surface area contributed by atoms with E-state index >= 15 is 0 Å². The van der Waals surface area contributed by atoms with E-state index < -0.39 is 0 Å². The van der Waals surface area contributed by atoms with Gasteiger partial charge >= 0.3 is 0 Å². The van der Waals surface area contributed by atoms with Crippen molar-refractivity contribution < 1.29 is 0 Å². The topological polar surface area (TPSA) is 8.17 Å². The molecule has 242 valence electrons. The van der Waals surface area contributed by atoms with Gasteiger partial charge in [-0.3, -0.25) is 0 Å². The van der Waals surface area contributed by atoms with Crippen molar-refractivity contribution >= 4 is 23.1 Å². The molecule has 7 aromatic rings. The molecule has 0 bridgehead atoms. The summed E-state index contributed by atoms with van der Waals surface area (Å²) in [5.74, 6) is 0. The smallest absolute Gasteiger partial charge is 0.0490 e. The summed E-state index contributed by atoms with van der Waals surface area (Å²) >= 11 is 0.